The molecule has 160 valence electrons. The first-order valence-electron chi connectivity index (χ1n) is 10.1. The van der Waals surface area contributed by atoms with E-state index in [0.29, 0.717) is 23.7 Å². The fraction of sp³-hybridized carbons (Fsp3) is 0.292. The average Bonchev–Trinajstić information content (AvgIpc) is 3.41. The topological polar surface area (TPSA) is 81.9 Å². The van der Waals surface area contributed by atoms with Crippen molar-refractivity contribution in [3.8, 4) is 17.1 Å². The number of amides is 1. The normalized spacial score (nSPS) is 15.9. The lowest BCUT2D eigenvalue weighted by Gasteiger charge is -2.17. The van der Waals surface area contributed by atoms with Crippen LogP contribution in [0.3, 0.4) is 0 Å². The van der Waals surface area contributed by atoms with Crippen LogP contribution in [0.25, 0.3) is 11.3 Å². The molecule has 1 aromatic heterocycles. The standard InChI is InChI=1S/C24H24N2O5/c1-15-7-8-20(9-16(15)2)26-13-18(11-23(26)27)24(28)30-14-19-12-22(31-25-19)17-5-4-6-21(10-17)29-3/h4-10,12,18H,11,13-14H2,1-3H3. The van der Waals surface area contributed by atoms with Gasteiger partial charge in [0.1, 0.15) is 18.1 Å². The summed E-state index contributed by atoms with van der Waals surface area (Å²) in [6.07, 6.45) is 0.139. The van der Waals surface area contributed by atoms with E-state index in [0.717, 1.165) is 22.4 Å². The molecule has 1 unspecified atom stereocenters. The molecule has 4 rings (SSSR count). The van der Waals surface area contributed by atoms with Gasteiger partial charge >= 0.3 is 5.97 Å². The molecular weight excluding hydrogens is 396 g/mol. The molecule has 1 fully saturated rings. The van der Waals surface area contributed by atoms with E-state index in [-0.39, 0.29) is 18.9 Å². The maximum Gasteiger partial charge on any atom is 0.311 e. The molecule has 1 aliphatic heterocycles. The highest BCUT2D eigenvalue weighted by atomic mass is 16.5. The lowest BCUT2D eigenvalue weighted by atomic mass is 10.1. The third kappa shape index (κ3) is 4.45. The number of hydrogen-bond acceptors (Lipinski definition) is 6. The molecule has 0 spiro atoms. The van der Waals surface area contributed by atoms with Crippen LogP contribution in [0.15, 0.2) is 53.1 Å². The van der Waals surface area contributed by atoms with Gasteiger partial charge in [0.25, 0.3) is 0 Å². The molecule has 7 nitrogen and oxygen atoms in total. The molecule has 2 heterocycles. The molecule has 1 atom stereocenters. The number of ether oxygens (including phenoxy) is 2. The summed E-state index contributed by atoms with van der Waals surface area (Å²) < 4.78 is 16.0. The molecule has 1 saturated heterocycles. The summed E-state index contributed by atoms with van der Waals surface area (Å²) in [5, 5.41) is 3.97. The minimum atomic E-state index is -0.501. The van der Waals surface area contributed by atoms with Crippen molar-refractivity contribution in [1.29, 1.82) is 0 Å². The molecule has 1 aliphatic rings. The van der Waals surface area contributed by atoms with Gasteiger partial charge in [-0.25, -0.2) is 0 Å². The fourth-order valence-electron chi connectivity index (χ4n) is 3.56. The van der Waals surface area contributed by atoms with Gasteiger partial charge in [0.15, 0.2) is 5.76 Å². The number of carbonyl (C=O) groups excluding carboxylic acids is 2. The molecule has 0 N–H and O–H groups in total. The van der Waals surface area contributed by atoms with Gasteiger partial charge in [-0.05, 0) is 49.2 Å². The van der Waals surface area contributed by atoms with E-state index in [4.69, 9.17) is 14.0 Å². The summed E-state index contributed by atoms with van der Waals surface area (Å²) in [7, 11) is 1.60. The minimum Gasteiger partial charge on any atom is -0.497 e. The van der Waals surface area contributed by atoms with Crippen LogP contribution in [-0.4, -0.2) is 30.7 Å². The van der Waals surface area contributed by atoms with E-state index in [1.807, 2.05) is 56.3 Å². The lowest BCUT2D eigenvalue weighted by molar-refractivity contribution is -0.149. The predicted molar refractivity (Wildman–Crippen MR) is 115 cm³/mol. The molecular formula is C24H24N2O5. The summed E-state index contributed by atoms with van der Waals surface area (Å²) in [5.41, 5.74) is 4.39. The van der Waals surface area contributed by atoms with Crippen LogP contribution in [0.4, 0.5) is 5.69 Å². The maximum absolute atomic E-state index is 12.5. The Bertz CT molecular complexity index is 1120. The molecule has 0 aliphatic carbocycles. The molecule has 0 radical (unpaired) electrons. The number of hydrogen-bond donors (Lipinski definition) is 0. The van der Waals surface area contributed by atoms with E-state index in [2.05, 4.69) is 5.16 Å². The molecule has 3 aromatic rings. The smallest absolute Gasteiger partial charge is 0.311 e. The number of methoxy groups -OCH3 is 1. The number of anilines is 1. The van der Waals surface area contributed by atoms with Gasteiger partial charge in [-0.15, -0.1) is 0 Å². The summed E-state index contributed by atoms with van der Waals surface area (Å²) in [6, 6.07) is 15.0. The minimum absolute atomic E-state index is 0.0133. The van der Waals surface area contributed by atoms with Gasteiger partial charge in [-0.3, -0.25) is 9.59 Å². The Morgan fingerprint density at radius 2 is 2.00 bits per heavy atom. The SMILES string of the molecule is COc1cccc(-c2cc(COC(=O)C3CC(=O)N(c4ccc(C)c(C)c4)C3)no2)c1. The van der Waals surface area contributed by atoms with Crippen LogP contribution in [0, 0.1) is 19.8 Å². The van der Waals surface area contributed by atoms with Crippen molar-refractivity contribution in [3.05, 3.63) is 65.4 Å². The van der Waals surface area contributed by atoms with E-state index in [1.165, 1.54) is 0 Å². The van der Waals surface area contributed by atoms with E-state index in [1.54, 1.807) is 18.1 Å². The second-order valence-corrected chi connectivity index (χ2v) is 7.70. The van der Waals surface area contributed by atoms with Crippen molar-refractivity contribution >= 4 is 17.6 Å². The monoisotopic (exact) mass is 420 g/mol. The van der Waals surface area contributed by atoms with E-state index in [9.17, 15) is 9.59 Å². The highest BCUT2D eigenvalue weighted by Gasteiger charge is 2.36. The highest BCUT2D eigenvalue weighted by Crippen LogP contribution is 2.28. The fourth-order valence-corrected chi connectivity index (χ4v) is 3.56. The number of rotatable bonds is 6. The number of aryl methyl sites for hydroxylation is 2. The Kier molecular flexibility index (Phi) is 5.75. The Balaban J connectivity index is 1.36. The van der Waals surface area contributed by atoms with Crippen LogP contribution in [0.1, 0.15) is 23.2 Å². The average molecular weight is 420 g/mol. The van der Waals surface area contributed by atoms with Crippen molar-refractivity contribution in [1.82, 2.24) is 5.16 Å². The molecule has 0 bridgehead atoms. The van der Waals surface area contributed by atoms with Crippen molar-refractivity contribution in [2.24, 2.45) is 5.92 Å². The van der Waals surface area contributed by atoms with Gasteiger partial charge in [0.05, 0.1) is 13.0 Å². The van der Waals surface area contributed by atoms with Crippen molar-refractivity contribution in [2.45, 2.75) is 26.9 Å². The zero-order chi connectivity index (χ0) is 22.0. The summed E-state index contributed by atoms with van der Waals surface area (Å²) in [6.45, 7) is 4.33. The maximum atomic E-state index is 12.5. The molecule has 1 amide bonds. The van der Waals surface area contributed by atoms with Crippen LogP contribution in [0.5, 0.6) is 5.75 Å². The Morgan fingerprint density at radius 3 is 2.77 bits per heavy atom. The Morgan fingerprint density at radius 1 is 1.16 bits per heavy atom. The molecule has 31 heavy (non-hydrogen) atoms. The first-order valence-corrected chi connectivity index (χ1v) is 10.1. The van der Waals surface area contributed by atoms with Gasteiger partial charge in [-0.2, -0.15) is 0 Å². The first kappa shape index (κ1) is 20.7. The quantitative estimate of drug-likeness (QED) is 0.559. The van der Waals surface area contributed by atoms with E-state index >= 15 is 0 Å². The third-order valence-corrected chi connectivity index (χ3v) is 5.54. The van der Waals surface area contributed by atoms with Crippen molar-refractivity contribution in [2.75, 3.05) is 18.6 Å². The zero-order valence-corrected chi connectivity index (χ0v) is 17.8. The number of carbonyl (C=O) groups is 2. The first-order chi connectivity index (χ1) is 14.9. The Labute approximate surface area is 180 Å². The van der Waals surface area contributed by atoms with Crippen molar-refractivity contribution in [3.63, 3.8) is 0 Å². The van der Waals surface area contributed by atoms with Gasteiger partial charge in [0, 0.05) is 30.3 Å². The summed E-state index contributed by atoms with van der Waals surface area (Å²) in [4.78, 5) is 26.6. The van der Waals surface area contributed by atoms with Crippen LogP contribution < -0.4 is 9.64 Å². The second-order valence-electron chi connectivity index (χ2n) is 7.70. The highest BCUT2D eigenvalue weighted by molar-refractivity contribution is 5.99. The lowest BCUT2D eigenvalue weighted by Crippen LogP contribution is -2.26. The van der Waals surface area contributed by atoms with Gasteiger partial charge in [0.2, 0.25) is 5.91 Å². The zero-order valence-electron chi connectivity index (χ0n) is 17.8. The van der Waals surface area contributed by atoms with Gasteiger partial charge < -0.3 is 18.9 Å². The number of nitrogens with zero attached hydrogens (tertiary/aromatic N) is 2. The van der Waals surface area contributed by atoms with E-state index < -0.39 is 11.9 Å². The second kappa shape index (κ2) is 8.63. The predicted octanol–water partition coefficient (Wildman–Crippen LogP) is 4.06. The number of benzene rings is 2. The molecule has 0 saturated carbocycles. The Hall–Kier alpha value is -3.61. The van der Waals surface area contributed by atoms with Crippen LogP contribution >= 0.6 is 0 Å². The molecule has 2 aromatic carbocycles. The van der Waals surface area contributed by atoms with Gasteiger partial charge in [-0.1, -0.05) is 23.4 Å². The van der Waals surface area contributed by atoms with Crippen molar-refractivity contribution < 1.29 is 23.6 Å². The third-order valence-electron chi connectivity index (χ3n) is 5.54. The molecule has 7 heteroatoms. The largest absolute Gasteiger partial charge is 0.497 e. The number of aromatic nitrogens is 1. The number of esters is 1. The van der Waals surface area contributed by atoms with Crippen LogP contribution in [0.2, 0.25) is 0 Å². The summed E-state index contributed by atoms with van der Waals surface area (Å²) >= 11 is 0. The van der Waals surface area contributed by atoms with Crippen LogP contribution in [-0.2, 0) is 20.9 Å². The summed E-state index contributed by atoms with van der Waals surface area (Å²) in [5.74, 6) is 0.277.